The van der Waals surface area contributed by atoms with E-state index in [2.05, 4.69) is 31.9 Å². The minimum absolute atomic E-state index is 0.00424. The Morgan fingerprint density at radius 3 is 2.33 bits per heavy atom. The van der Waals surface area contributed by atoms with Gasteiger partial charge in [-0.25, -0.2) is 13.2 Å². The summed E-state index contributed by atoms with van der Waals surface area (Å²) in [7, 11) is -3.99. The number of hydrogen-bond donors (Lipinski definition) is 0. The van der Waals surface area contributed by atoms with Crippen LogP contribution in [0.1, 0.15) is 22.3 Å². The van der Waals surface area contributed by atoms with Gasteiger partial charge in [-0.2, -0.15) is 0 Å². The molecule has 0 saturated heterocycles. The van der Waals surface area contributed by atoms with Gasteiger partial charge in [-0.1, -0.05) is 79.9 Å². The van der Waals surface area contributed by atoms with Gasteiger partial charge >= 0.3 is 5.97 Å². The molecule has 0 radical (unpaired) electrons. The van der Waals surface area contributed by atoms with Crippen molar-refractivity contribution in [1.82, 2.24) is 0 Å². The van der Waals surface area contributed by atoms with Crippen LogP contribution >= 0.6 is 43.5 Å². The van der Waals surface area contributed by atoms with Crippen LogP contribution in [0, 0.1) is 5.92 Å². The molecule has 0 N–H and O–H groups in total. The SMILES string of the molecule is O=C(OCC1CC1(Br)Br)c1cccc(S(=O)(=O)N(Cc2ccccc2)c2ccc(Cl)cc2)c1. The van der Waals surface area contributed by atoms with E-state index in [0.717, 1.165) is 12.0 Å². The number of carbonyl (C=O) groups is 1. The third kappa shape index (κ3) is 5.80. The average Bonchev–Trinajstić information content (AvgIpc) is 3.43. The molecule has 1 aliphatic rings. The molecule has 1 saturated carbocycles. The smallest absolute Gasteiger partial charge is 0.338 e. The van der Waals surface area contributed by atoms with E-state index in [0.29, 0.717) is 10.7 Å². The van der Waals surface area contributed by atoms with Crippen molar-refractivity contribution < 1.29 is 17.9 Å². The molecule has 172 valence electrons. The second-order valence-corrected chi connectivity index (χ2v) is 14.0. The Hall–Kier alpha value is -1.87. The summed E-state index contributed by atoms with van der Waals surface area (Å²) >= 11 is 13.0. The van der Waals surface area contributed by atoms with E-state index in [4.69, 9.17) is 16.3 Å². The zero-order chi connectivity index (χ0) is 23.6. The van der Waals surface area contributed by atoms with Crippen molar-refractivity contribution in [2.45, 2.75) is 21.1 Å². The Morgan fingerprint density at radius 1 is 1.03 bits per heavy atom. The number of anilines is 1. The monoisotopic (exact) mass is 611 g/mol. The van der Waals surface area contributed by atoms with Gasteiger partial charge in [0.05, 0.1) is 32.5 Å². The summed E-state index contributed by atoms with van der Waals surface area (Å²) in [6.07, 6.45) is 0.851. The normalized spacial score (nSPS) is 16.8. The van der Waals surface area contributed by atoms with E-state index in [1.165, 1.54) is 16.4 Å². The number of sulfonamides is 1. The van der Waals surface area contributed by atoms with Crippen LogP contribution in [0.2, 0.25) is 5.02 Å². The molecule has 1 aliphatic carbocycles. The van der Waals surface area contributed by atoms with Crippen LogP contribution in [-0.4, -0.2) is 24.2 Å². The number of carbonyl (C=O) groups excluding carboxylic acids is 1. The third-order valence-corrected chi connectivity index (χ3v) is 9.28. The van der Waals surface area contributed by atoms with Crippen LogP contribution < -0.4 is 4.31 Å². The highest BCUT2D eigenvalue weighted by molar-refractivity contribution is 9.25. The predicted octanol–water partition coefficient (Wildman–Crippen LogP) is 6.40. The Balaban J connectivity index is 1.62. The first-order valence-electron chi connectivity index (χ1n) is 10.1. The van der Waals surface area contributed by atoms with Crippen molar-refractivity contribution in [3.63, 3.8) is 0 Å². The molecule has 0 bridgehead atoms. The molecule has 1 atom stereocenters. The maximum Gasteiger partial charge on any atom is 0.338 e. The zero-order valence-electron chi connectivity index (χ0n) is 17.3. The minimum Gasteiger partial charge on any atom is -0.462 e. The van der Waals surface area contributed by atoms with Crippen molar-refractivity contribution >= 4 is 65.1 Å². The highest BCUT2D eigenvalue weighted by Crippen LogP contribution is 2.56. The highest BCUT2D eigenvalue weighted by atomic mass is 79.9. The number of alkyl halides is 2. The largest absolute Gasteiger partial charge is 0.462 e. The maximum absolute atomic E-state index is 13.7. The van der Waals surface area contributed by atoms with Gasteiger partial charge in [0.2, 0.25) is 0 Å². The first-order valence-corrected chi connectivity index (χ1v) is 13.5. The molecule has 0 aliphatic heterocycles. The van der Waals surface area contributed by atoms with Gasteiger partial charge in [0.1, 0.15) is 0 Å². The van der Waals surface area contributed by atoms with Gasteiger partial charge in [-0.3, -0.25) is 4.31 Å². The second-order valence-electron chi connectivity index (χ2n) is 7.76. The Kier molecular flexibility index (Phi) is 7.19. The summed E-state index contributed by atoms with van der Waals surface area (Å²) in [5.41, 5.74) is 1.47. The number of halogens is 3. The fraction of sp³-hybridized carbons (Fsp3) is 0.208. The highest BCUT2D eigenvalue weighted by Gasteiger charge is 2.50. The second kappa shape index (κ2) is 9.78. The third-order valence-electron chi connectivity index (χ3n) is 5.31. The number of benzene rings is 3. The van der Waals surface area contributed by atoms with Gasteiger partial charge in [0, 0.05) is 10.9 Å². The number of ether oxygens (including phenoxy) is 1. The summed E-state index contributed by atoms with van der Waals surface area (Å²) < 4.78 is 33.9. The lowest BCUT2D eigenvalue weighted by Gasteiger charge is -2.25. The van der Waals surface area contributed by atoms with Crippen molar-refractivity contribution in [3.05, 3.63) is 95.0 Å². The molecule has 0 heterocycles. The van der Waals surface area contributed by atoms with Gasteiger partial charge in [0.15, 0.2) is 0 Å². The van der Waals surface area contributed by atoms with Crippen LogP contribution in [0.4, 0.5) is 5.69 Å². The molecule has 1 fully saturated rings. The quantitative estimate of drug-likeness (QED) is 0.218. The summed E-state index contributed by atoms with van der Waals surface area (Å²) in [5, 5.41) is 0.507. The van der Waals surface area contributed by atoms with Crippen LogP contribution in [0.3, 0.4) is 0 Å². The van der Waals surface area contributed by atoms with E-state index >= 15 is 0 Å². The topological polar surface area (TPSA) is 63.7 Å². The lowest BCUT2D eigenvalue weighted by atomic mass is 10.2. The predicted molar refractivity (Wildman–Crippen MR) is 137 cm³/mol. The molecule has 9 heteroatoms. The molecular weight excluding hydrogens is 594 g/mol. The Labute approximate surface area is 215 Å². The number of rotatable bonds is 8. The van der Waals surface area contributed by atoms with Crippen LogP contribution in [0.25, 0.3) is 0 Å². The molecule has 5 nitrogen and oxygen atoms in total. The summed E-state index contributed by atoms with van der Waals surface area (Å²) in [6, 6.07) is 21.8. The van der Waals surface area contributed by atoms with E-state index in [9.17, 15) is 13.2 Å². The fourth-order valence-electron chi connectivity index (χ4n) is 3.29. The number of nitrogens with zero attached hydrogens (tertiary/aromatic N) is 1. The maximum atomic E-state index is 13.7. The van der Waals surface area contributed by atoms with Gasteiger partial charge < -0.3 is 4.74 Å². The van der Waals surface area contributed by atoms with Crippen LogP contribution in [0.5, 0.6) is 0 Å². The first kappa shape index (κ1) is 24.3. The number of hydrogen-bond acceptors (Lipinski definition) is 4. The lowest BCUT2D eigenvalue weighted by molar-refractivity contribution is 0.0486. The van der Waals surface area contributed by atoms with Crippen LogP contribution in [0.15, 0.2) is 83.8 Å². The van der Waals surface area contributed by atoms with Crippen molar-refractivity contribution in [1.29, 1.82) is 0 Å². The summed E-state index contributed by atoms with van der Waals surface area (Å²) in [6.45, 7) is 0.372. The molecule has 4 rings (SSSR count). The molecule has 33 heavy (non-hydrogen) atoms. The van der Waals surface area contributed by atoms with E-state index in [-0.39, 0.29) is 32.8 Å². The Bertz CT molecular complexity index is 1250. The van der Waals surface area contributed by atoms with E-state index in [1.807, 2.05) is 30.3 Å². The van der Waals surface area contributed by atoms with Gasteiger partial charge in [0.25, 0.3) is 10.0 Å². The molecule has 1 unspecified atom stereocenters. The molecule has 0 aromatic heterocycles. The first-order chi connectivity index (χ1) is 15.7. The lowest BCUT2D eigenvalue weighted by Crippen LogP contribution is -2.30. The van der Waals surface area contributed by atoms with Gasteiger partial charge in [-0.05, 0) is 54.4 Å². The van der Waals surface area contributed by atoms with Crippen molar-refractivity contribution in [2.24, 2.45) is 5.92 Å². The Morgan fingerprint density at radius 2 is 1.70 bits per heavy atom. The van der Waals surface area contributed by atoms with E-state index in [1.54, 1.807) is 36.4 Å². The molecule has 3 aromatic rings. The summed E-state index contributed by atoms with van der Waals surface area (Å²) in [4.78, 5) is 12.6. The zero-order valence-corrected chi connectivity index (χ0v) is 22.1. The van der Waals surface area contributed by atoms with Gasteiger partial charge in [-0.15, -0.1) is 0 Å². The molecular formula is C24H20Br2ClNO4S. The average molecular weight is 614 g/mol. The molecule has 3 aromatic carbocycles. The molecule has 0 amide bonds. The van der Waals surface area contributed by atoms with Crippen molar-refractivity contribution in [3.8, 4) is 0 Å². The molecule has 0 spiro atoms. The van der Waals surface area contributed by atoms with Crippen molar-refractivity contribution in [2.75, 3.05) is 10.9 Å². The standard InChI is InChI=1S/C24H20Br2ClNO4S/c25-24(26)14-19(24)16-32-23(29)18-7-4-8-22(13-18)33(30,31)28(15-17-5-2-1-3-6-17)21-11-9-20(27)10-12-21/h1-13,19H,14-16H2. The minimum atomic E-state index is -3.99. The van der Waals surface area contributed by atoms with Crippen LogP contribution in [-0.2, 0) is 21.3 Å². The number of esters is 1. The summed E-state index contributed by atoms with van der Waals surface area (Å²) in [5.74, 6) is -0.379. The fourth-order valence-corrected chi connectivity index (χ4v) is 5.96. The van der Waals surface area contributed by atoms with E-state index < -0.39 is 16.0 Å².